The Balaban J connectivity index is 1.99. The van der Waals surface area contributed by atoms with Crippen LogP contribution >= 0.6 is 23.5 Å². The highest BCUT2D eigenvalue weighted by atomic mass is 31.3. The molecule has 1 fully saturated rings. The first-order valence-corrected chi connectivity index (χ1v) is 11.9. The molecule has 1 saturated heterocycles. The molecule has 0 aliphatic carbocycles. The fourth-order valence-electron chi connectivity index (χ4n) is 2.37. The van der Waals surface area contributed by atoms with E-state index in [9.17, 15) is 28.2 Å². The highest BCUT2D eigenvalue weighted by Gasteiger charge is 2.42. The lowest BCUT2D eigenvalue weighted by atomic mass is 10.0. The zero-order valence-corrected chi connectivity index (χ0v) is 16.7. The van der Waals surface area contributed by atoms with Crippen LogP contribution in [-0.2, 0) is 31.6 Å². The first-order chi connectivity index (χ1) is 12.7. The van der Waals surface area contributed by atoms with Crippen molar-refractivity contribution in [2.45, 2.75) is 25.7 Å². The fraction of sp³-hybridized carbons (Fsp3) is 0.600. The fourth-order valence-corrected chi connectivity index (χ4v) is 5.40. The quantitative estimate of drug-likeness (QED) is 0.314. The molecule has 18 heteroatoms. The maximum absolute atomic E-state index is 11.8. The van der Waals surface area contributed by atoms with Crippen LogP contribution in [0.1, 0.15) is 19.6 Å². The summed E-state index contributed by atoms with van der Waals surface area (Å²) >= 11 is 0. The number of hydrogen-bond donors (Lipinski definition) is 5. The number of hydrogen-bond acceptors (Lipinski definition) is 9. The number of rotatable bonds is 8. The zero-order valence-electron chi connectivity index (χ0n) is 14.1. The molecule has 1 aromatic heterocycles. The topological polar surface area (TPSA) is 224 Å². The summed E-state index contributed by atoms with van der Waals surface area (Å²) in [6.07, 6.45) is -0.179. The van der Waals surface area contributed by atoms with Crippen LogP contribution in [-0.4, -0.2) is 41.8 Å². The molecule has 0 spiro atoms. The molecule has 1 aliphatic heterocycles. The third kappa shape index (κ3) is 6.83. The van der Waals surface area contributed by atoms with Gasteiger partial charge in [-0.15, -0.1) is 0 Å². The summed E-state index contributed by atoms with van der Waals surface area (Å²) in [5.74, 6) is -0.309. The van der Waals surface area contributed by atoms with Crippen molar-refractivity contribution < 1.29 is 51.2 Å². The minimum absolute atomic E-state index is 0.274. The van der Waals surface area contributed by atoms with Crippen LogP contribution in [0.2, 0.25) is 0 Å². The van der Waals surface area contributed by atoms with Gasteiger partial charge in [0.25, 0.3) is 5.56 Å². The summed E-state index contributed by atoms with van der Waals surface area (Å²) in [6, 6.07) is 1.11. The van der Waals surface area contributed by atoms with Crippen LogP contribution in [0.15, 0.2) is 21.9 Å². The van der Waals surface area contributed by atoms with Crippen molar-refractivity contribution in [2.24, 2.45) is 5.92 Å². The van der Waals surface area contributed by atoms with Gasteiger partial charge >= 0.3 is 29.2 Å². The number of nitrogens with one attached hydrogen (secondary N) is 1. The Morgan fingerprint density at radius 1 is 1.18 bits per heavy atom. The number of ether oxygens (including phenoxy) is 1. The van der Waals surface area contributed by atoms with E-state index in [1.54, 1.807) is 6.92 Å². The molecule has 160 valence electrons. The van der Waals surface area contributed by atoms with E-state index in [-0.39, 0.29) is 12.3 Å². The Labute approximate surface area is 156 Å². The lowest BCUT2D eigenvalue weighted by Gasteiger charge is -2.19. The third-order valence-corrected chi connectivity index (χ3v) is 7.32. The number of aromatic amines is 1. The summed E-state index contributed by atoms with van der Waals surface area (Å²) in [4.78, 5) is 60.4. The van der Waals surface area contributed by atoms with Crippen molar-refractivity contribution in [3.05, 3.63) is 33.1 Å². The molecule has 1 aromatic rings. The largest absolute Gasteiger partial charge is 0.490 e. The van der Waals surface area contributed by atoms with E-state index >= 15 is 0 Å². The lowest BCUT2D eigenvalue weighted by molar-refractivity contribution is -0.0308. The number of aromatic nitrogens is 2. The Bertz CT molecular complexity index is 966. The second-order valence-electron chi connectivity index (χ2n) is 5.75. The minimum Gasteiger partial charge on any atom is -0.352 e. The second kappa shape index (κ2) is 8.42. The van der Waals surface area contributed by atoms with E-state index < -0.39 is 53.7 Å². The highest BCUT2D eigenvalue weighted by Crippen LogP contribution is 2.66. The maximum atomic E-state index is 11.8. The van der Waals surface area contributed by atoms with Crippen LogP contribution in [0, 0.1) is 5.92 Å². The normalized spacial score (nSPS) is 27.2. The second-order valence-corrected chi connectivity index (χ2v) is 10.2. The number of nitrogens with zero attached hydrogens (tertiary/aromatic N) is 1. The molecular weight excluding hydrogens is 449 g/mol. The molecule has 2 heterocycles. The van der Waals surface area contributed by atoms with Crippen molar-refractivity contribution in [1.29, 1.82) is 0 Å². The Kier molecular flexibility index (Phi) is 7.02. The monoisotopic (exact) mass is 466 g/mol. The zero-order chi connectivity index (χ0) is 21.3. The summed E-state index contributed by atoms with van der Waals surface area (Å²) in [6.45, 7) is 1.04. The van der Waals surface area contributed by atoms with Gasteiger partial charge < -0.3 is 24.3 Å². The van der Waals surface area contributed by atoms with Crippen molar-refractivity contribution >= 4 is 23.5 Å². The van der Waals surface area contributed by atoms with Gasteiger partial charge in [-0.3, -0.25) is 18.9 Å². The van der Waals surface area contributed by atoms with Crippen molar-refractivity contribution in [2.75, 3.05) is 6.61 Å². The van der Waals surface area contributed by atoms with Gasteiger partial charge in [0, 0.05) is 12.3 Å². The molecule has 15 nitrogen and oxygen atoms in total. The van der Waals surface area contributed by atoms with Crippen LogP contribution in [0.4, 0.5) is 0 Å². The molecular formula is C10H17N2O13P3. The first-order valence-electron chi connectivity index (χ1n) is 7.43. The smallest absolute Gasteiger partial charge is 0.352 e. The van der Waals surface area contributed by atoms with Crippen molar-refractivity contribution in [1.82, 2.24) is 9.55 Å². The summed E-state index contributed by atoms with van der Waals surface area (Å²) in [5, 5.41) is 0. The molecule has 2 rings (SSSR count). The molecule has 28 heavy (non-hydrogen) atoms. The Morgan fingerprint density at radius 3 is 2.39 bits per heavy atom. The molecule has 0 saturated carbocycles. The third-order valence-electron chi connectivity index (χ3n) is 3.52. The molecule has 1 aliphatic rings. The molecule has 5 N–H and O–H groups in total. The average Bonchev–Trinajstić information content (AvgIpc) is 2.82. The van der Waals surface area contributed by atoms with E-state index in [4.69, 9.17) is 19.4 Å². The van der Waals surface area contributed by atoms with Gasteiger partial charge in [-0.1, -0.05) is 6.92 Å². The summed E-state index contributed by atoms with van der Waals surface area (Å²) in [5.41, 5.74) is -1.32. The summed E-state index contributed by atoms with van der Waals surface area (Å²) < 4.78 is 51.9. The predicted molar refractivity (Wildman–Crippen MR) is 88.8 cm³/mol. The van der Waals surface area contributed by atoms with Gasteiger partial charge in [-0.05, 0) is 12.3 Å². The standard InChI is InChI=1S/C10H17N2O13P3/c1-6-4-9(12-3-2-8(13)11-10(12)14)23-7(6)5-22-27(18,19)25-28(20,21)24-26(15,16)17/h2-3,6-7,9H,4-5H2,1H3,(H,18,19)(H,20,21)(H,11,13,14)(H2,15,16,17)/t6?,7?,9-/m1/s1. The first kappa shape index (κ1) is 23.3. The lowest BCUT2D eigenvalue weighted by Crippen LogP contribution is -2.31. The van der Waals surface area contributed by atoms with Crippen molar-refractivity contribution in [3.8, 4) is 0 Å². The van der Waals surface area contributed by atoms with Gasteiger partial charge in [0.15, 0.2) is 0 Å². The van der Waals surface area contributed by atoms with E-state index in [0.29, 0.717) is 0 Å². The number of H-pyrrole nitrogens is 1. The Hall–Kier alpha value is -0.950. The van der Waals surface area contributed by atoms with Gasteiger partial charge in [-0.25, -0.2) is 18.5 Å². The number of phosphoric acid groups is 3. The van der Waals surface area contributed by atoms with E-state index in [1.165, 1.54) is 6.20 Å². The summed E-state index contributed by atoms with van der Waals surface area (Å²) in [7, 11) is -16.4. The highest BCUT2D eigenvalue weighted by molar-refractivity contribution is 7.66. The van der Waals surface area contributed by atoms with Crippen LogP contribution in [0.25, 0.3) is 0 Å². The van der Waals surface area contributed by atoms with E-state index in [0.717, 1.165) is 10.6 Å². The molecule has 5 atom stereocenters. The number of phosphoric ester groups is 1. The molecule has 0 amide bonds. The van der Waals surface area contributed by atoms with Crippen LogP contribution in [0.5, 0.6) is 0 Å². The Morgan fingerprint density at radius 2 is 1.82 bits per heavy atom. The van der Waals surface area contributed by atoms with Gasteiger partial charge in [0.05, 0.1) is 12.7 Å². The molecule has 0 bridgehead atoms. The maximum Gasteiger partial charge on any atom is 0.490 e. The van der Waals surface area contributed by atoms with Crippen LogP contribution < -0.4 is 11.2 Å². The van der Waals surface area contributed by atoms with E-state index in [2.05, 4.69) is 13.1 Å². The van der Waals surface area contributed by atoms with Gasteiger partial charge in [0.2, 0.25) is 0 Å². The SMILES string of the molecule is CC1C[C@H](n2ccc(=O)[nH]c2=O)OC1COP(=O)(O)OP(=O)(O)OP(=O)(O)O. The van der Waals surface area contributed by atoms with E-state index in [1.807, 2.05) is 4.98 Å². The van der Waals surface area contributed by atoms with Gasteiger partial charge in [-0.2, -0.15) is 8.62 Å². The van der Waals surface area contributed by atoms with Crippen LogP contribution in [0.3, 0.4) is 0 Å². The average molecular weight is 466 g/mol. The van der Waals surface area contributed by atoms with Gasteiger partial charge in [0.1, 0.15) is 6.23 Å². The molecule has 0 aromatic carbocycles. The molecule has 0 radical (unpaired) electrons. The predicted octanol–water partition coefficient (Wildman–Crippen LogP) is -0.197. The molecule has 4 unspecified atom stereocenters. The van der Waals surface area contributed by atoms with Crippen molar-refractivity contribution in [3.63, 3.8) is 0 Å². The minimum atomic E-state index is -5.60.